The van der Waals surface area contributed by atoms with E-state index >= 15 is 0 Å². The van der Waals surface area contributed by atoms with Gasteiger partial charge < -0.3 is 5.32 Å². The second kappa shape index (κ2) is 5.32. The molecule has 2 rings (SSSR count). The second-order valence-corrected chi connectivity index (χ2v) is 4.47. The quantitative estimate of drug-likeness (QED) is 0.944. The Kier molecular flexibility index (Phi) is 3.79. The first kappa shape index (κ1) is 11.4. The third-order valence-corrected chi connectivity index (χ3v) is 2.81. The average Bonchev–Trinajstić information content (AvgIpc) is 2.74. The number of anilines is 1. The van der Waals surface area contributed by atoms with E-state index in [1.807, 2.05) is 23.0 Å². The Bertz CT molecular complexity index is 458. The number of pyridine rings is 1. The normalized spacial score (nSPS) is 10.4. The predicted molar refractivity (Wildman–Crippen MR) is 67.7 cm³/mol. The maximum Gasteiger partial charge on any atom is 0.140 e. The lowest BCUT2D eigenvalue weighted by Gasteiger charge is -2.07. The van der Waals surface area contributed by atoms with Gasteiger partial charge in [-0.05, 0) is 28.1 Å². The Morgan fingerprint density at radius 3 is 3.06 bits per heavy atom. The van der Waals surface area contributed by atoms with Crippen LogP contribution in [0.4, 0.5) is 5.82 Å². The first-order chi connectivity index (χ1) is 7.75. The number of hydrogen-bond donors (Lipinski definition) is 1. The molecule has 84 valence electrons. The van der Waals surface area contributed by atoms with Gasteiger partial charge in [-0.1, -0.05) is 11.6 Å². The summed E-state index contributed by atoms with van der Waals surface area (Å²) in [5.41, 5.74) is 0. The van der Waals surface area contributed by atoms with Crippen LogP contribution in [-0.4, -0.2) is 21.3 Å². The molecule has 0 saturated heterocycles. The van der Waals surface area contributed by atoms with Gasteiger partial charge in [0.05, 0.1) is 16.0 Å². The van der Waals surface area contributed by atoms with Crippen LogP contribution in [0.2, 0.25) is 5.02 Å². The van der Waals surface area contributed by atoms with Crippen LogP contribution in [0.3, 0.4) is 0 Å². The van der Waals surface area contributed by atoms with Gasteiger partial charge in [-0.2, -0.15) is 5.10 Å². The SMILES string of the molecule is Clc1cnc(NCCn2cccn2)c(Br)c1. The van der Waals surface area contributed by atoms with Crippen molar-refractivity contribution in [1.29, 1.82) is 0 Å². The van der Waals surface area contributed by atoms with E-state index in [0.717, 1.165) is 23.4 Å². The maximum absolute atomic E-state index is 5.80. The fourth-order valence-electron chi connectivity index (χ4n) is 1.27. The highest BCUT2D eigenvalue weighted by Gasteiger charge is 2.01. The van der Waals surface area contributed by atoms with E-state index in [1.165, 1.54) is 0 Å². The Hall–Kier alpha value is -1.07. The van der Waals surface area contributed by atoms with E-state index in [2.05, 4.69) is 31.3 Å². The van der Waals surface area contributed by atoms with E-state index < -0.39 is 0 Å². The van der Waals surface area contributed by atoms with E-state index in [-0.39, 0.29) is 0 Å². The summed E-state index contributed by atoms with van der Waals surface area (Å²) in [4.78, 5) is 4.18. The van der Waals surface area contributed by atoms with Crippen LogP contribution in [0.5, 0.6) is 0 Å². The average molecular weight is 302 g/mol. The van der Waals surface area contributed by atoms with Crippen molar-refractivity contribution in [2.45, 2.75) is 6.54 Å². The summed E-state index contributed by atoms with van der Waals surface area (Å²) in [7, 11) is 0. The summed E-state index contributed by atoms with van der Waals surface area (Å²) in [6.07, 6.45) is 5.30. The van der Waals surface area contributed by atoms with Crippen molar-refractivity contribution in [2.75, 3.05) is 11.9 Å². The Balaban J connectivity index is 1.90. The highest BCUT2D eigenvalue weighted by Crippen LogP contribution is 2.22. The molecule has 0 unspecified atom stereocenters. The molecule has 2 heterocycles. The fraction of sp³-hybridized carbons (Fsp3) is 0.200. The van der Waals surface area contributed by atoms with Crippen LogP contribution in [-0.2, 0) is 6.54 Å². The largest absolute Gasteiger partial charge is 0.367 e. The first-order valence-electron chi connectivity index (χ1n) is 4.78. The highest BCUT2D eigenvalue weighted by atomic mass is 79.9. The summed E-state index contributed by atoms with van der Waals surface area (Å²) in [5, 5.41) is 7.92. The molecule has 1 N–H and O–H groups in total. The first-order valence-corrected chi connectivity index (χ1v) is 5.95. The smallest absolute Gasteiger partial charge is 0.140 e. The van der Waals surface area contributed by atoms with Gasteiger partial charge in [0.1, 0.15) is 5.82 Å². The van der Waals surface area contributed by atoms with Crippen molar-refractivity contribution >= 4 is 33.3 Å². The molecule has 0 aromatic carbocycles. The molecule has 2 aromatic rings. The topological polar surface area (TPSA) is 42.7 Å². The minimum Gasteiger partial charge on any atom is -0.367 e. The lowest BCUT2D eigenvalue weighted by atomic mass is 10.4. The fourth-order valence-corrected chi connectivity index (χ4v) is 2.05. The summed E-state index contributed by atoms with van der Waals surface area (Å²) < 4.78 is 2.72. The molecule has 0 saturated carbocycles. The molecule has 0 aliphatic heterocycles. The zero-order chi connectivity index (χ0) is 11.4. The van der Waals surface area contributed by atoms with Gasteiger partial charge in [0.2, 0.25) is 0 Å². The van der Waals surface area contributed by atoms with E-state index in [1.54, 1.807) is 12.4 Å². The number of nitrogens with zero attached hydrogens (tertiary/aromatic N) is 3. The zero-order valence-electron chi connectivity index (χ0n) is 8.40. The van der Waals surface area contributed by atoms with Gasteiger partial charge in [0.15, 0.2) is 0 Å². The highest BCUT2D eigenvalue weighted by molar-refractivity contribution is 9.10. The van der Waals surface area contributed by atoms with Crippen molar-refractivity contribution in [3.05, 3.63) is 40.2 Å². The van der Waals surface area contributed by atoms with Crippen LogP contribution in [0, 0.1) is 0 Å². The van der Waals surface area contributed by atoms with E-state index in [0.29, 0.717) is 5.02 Å². The maximum atomic E-state index is 5.80. The lowest BCUT2D eigenvalue weighted by Crippen LogP contribution is -2.11. The van der Waals surface area contributed by atoms with Crippen molar-refractivity contribution in [3.63, 3.8) is 0 Å². The Morgan fingerprint density at radius 2 is 2.38 bits per heavy atom. The molecule has 0 radical (unpaired) electrons. The molecule has 0 aliphatic rings. The van der Waals surface area contributed by atoms with Gasteiger partial charge in [-0.15, -0.1) is 0 Å². The molecule has 0 spiro atoms. The van der Waals surface area contributed by atoms with Crippen LogP contribution >= 0.6 is 27.5 Å². The molecule has 2 aromatic heterocycles. The van der Waals surface area contributed by atoms with Gasteiger partial charge >= 0.3 is 0 Å². The number of aromatic nitrogens is 3. The predicted octanol–water partition coefficient (Wildman–Crippen LogP) is 2.81. The molecular formula is C10H10BrClN4. The summed E-state index contributed by atoms with van der Waals surface area (Å²) in [5.74, 6) is 0.788. The molecule has 0 atom stereocenters. The molecule has 4 nitrogen and oxygen atoms in total. The Labute approximate surface area is 107 Å². The summed E-state index contributed by atoms with van der Waals surface area (Å²) >= 11 is 9.19. The number of nitrogens with one attached hydrogen (secondary N) is 1. The molecule has 0 aliphatic carbocycles. The molecular weight excluding hydrogens is 291 g/mol. The molecule has 16 heavy (non-hydrogen) atoms. The van der Waals surface area contributed by atoms with Crippen LogP contribution in [0.15, 0.2) is 35.2 Å². The van der Waals surface area contributed by atoms with E-state index in [9.17, 15) is 0 Å². The summed E-state index contributed by atoms with van der Waals surface area (Å²) in [6, 6.07) is 3.71. The number of rotatable bonds is 4. The third kappa shape index (κ3) is 2.96. The van der Waals surface area contributed by atoms with Crippen LogP contribution < -0.4 is 5.32 Å². The summed E-state index contributed by atoms with van der Waals surface area (Å²) in [6.45, 7) is 1.55. The monoisotopic (exact) mass is 300 g/mol. The minimum atomic E-state index is 0.615. The van der Waals surface area contributed by atoms with Crippen molar-refractivity contribution in [2.24, 2.45) is 0 Å². The van der Waals surface area contributed by atoms with Gasteiger partial charge in [-0.25, -0.2) is 4.98 Å². The van der Waals surface area contributed by atoms with Gasteiger partial charge in [0.25, 0.3) is 0 Å². The lowest BCUT2D eigenvalue weighted by molar-refractivity contribution is 0.637. The van der Waals surface area contributed by atoms with E-state index in [4.69, 9.17) is 11.6 Å². The van der Waals surface area contributed by atoms with Crippen LogP contribution in [0.1, 0.15) is 0 Å². The zero-order valence-corrected chi connectivity index (χ0v) is 10.7. The van der Waals surface area contributed by atoms with Crippen LogP contribution in [0.25, 0.3) is 0 Å². The van der Waals surface area contributed by atoms with Crippen molar-refractivity contribution in [1.82, 2.24) is 14.8 Å². The standard InChI is InChI=1S/C10H10BrClN4/c11-9-6-8(12)7-14-10(9)13-3-5-16-4-1-2-15-16/h1-2,4,6-7H,3,5H2,(H,13,14). The Morgan fingerprint density at radius 1 is 1.50 bits per heavy atom. The van der Waals surface area contributed by atoms with Gasteiger partial charge in [-0.3, -0.25) is 4.68 Å². The molecule has 0 fully saturated rings. The number of halogens is 2. The molecule has 0 amide bonds. The molecule has 0 bridgehead atoms. The number of hydrogen-bond acceptors (Lipinski definition) is 3. The van der Waals surface area contributed by atoms with Gasteiger partial charge in [0, 0.05) is 25.1 Å². The molecule has 6 heteroatoms. The van der Waals surface area contributed by atoms with Crippen molar-refractivity contribution in [3.8, 4) is 0 Å². The van der Waals surface area contributed by atoms with Crippen molar-refractivity contribution < 1.29 is 0 Å². The third-order valence-electron chi connectivity index (χ3n) is 2.00. The minimum absolute atomic E-state index is 0.615. The second-order valence-electron chi connectivity index (χ2n) is 3.18.